The van der Waals surface area contributed by atoms with E-state index in [0.717, 1.165) is 55.3 Å². The molecule has 4 rings (SSSR count). The molecule has 0 aliphatic carbocycles. The van der Waals surface area contributed by atoms with Crippen molar-refractivity contribution in [2.45, 2.75) is 39.3 Å². The van der Waals surface area contributed by atoms with Gasteiger partial charge in [0.2, 0.25) is 5.91 Å². The van der Waals surface area contributed by atoms with Gasteiger partial charge in [-0.2, -0.15) is 0 Å². The van der Waals surface area contributed by atoms with Gasteiger partial charge in [0.15, 0.2) is 0 Å². The molecular formula is C21H27N3O2S. The van der Waals surface area contributed by atoms with E-state index in [1.807, 2.05) is 23.1 Å². The fourth-order valence-electron chi connectivity index (χ4n) is 4.35. The van der Waals surface area contributed by atoms with Crippen LogP contribution < -0.4 is 4.74 Å². The third-order valence-corrected chi connectivity index (χ3v) is 6.70. The van der Waals surface area contributed by atoms with Crippen molar-refractivity contribution in [2.24, 2.45) is 5.41 Å². The van der Waals surface area contributed by atoms with Crippen molar-refractivity contribution in [1.29, 1.82) is 0 Å². The Kier molecular flexibility index (Phi) is 5.19. The SMILES string of the molecule is COc1cccc(CN2CC3(CCN(Cc4csc(C)n4)CC3)CC2=O)c1. The van der Waals surface area contributed by atoms with E-state index in [-0.39, 0.29) is 5.41 Å². The summed E-state index contributed by atoms with van der Waals surface area (Å²) in [5.74, 6) is 1.14. The van der Waals surface area contributed by atoms with Gasteiger partial charge in [0.1, 0.15) is 5.75 Å². The monoisotopic (exact) mass is 385 g/mol. The molecule has 2 fully saturated rings. The third-order valence-electron chi connectivity index (χ3n) is 5.88. The maximum absolute atomic E-state index is 12.7. The summed E-state index contributed by atoms with van der Waals surface area (Å²) < 4.78 is 5.30. The van der Waals surface area contributed by atoms with E-state index < -0.39 is 0 Å². The van der Waals surface area contributed by atoms with Crippen LogP contribution in [0.3, 0.4) is 0 Å². The molecule has 0 radical (unpaired) electrons. The first-order valence-electron chi connectivity index (χ1n) is 9.59. The number of carbonyl (C=O) groups is 1. The number of methoxy groups -OCH3 is 1. The molecule has 0 atom stereocenters. The van der Waals surface area contributed by atoms with E-state index in [2.05, 4.69) is 28.3 Å². The standard InChI is InChI=1S/C21H27N3O2S/c1-16-22-18(14-27-16)13-23-8-6-21(7-9-23)11-20(25)24(15-21)12-17-4-3-5-19(10-17)26-2/h3-5,10,14H,6-9,11-13,15H2,1-2H3. The lowest BCUT2D eigenvalue weighted by atomic mass is 9.77. The first-order chi connectivity index (χ1) is 13.0. The fraction of sp³-hybridized carbons (Fsp3) is 0.524. The second-order valence-corrected chi connectivity index (χ2v) is 8.97. The zero-order valence-electron chi connectivity index (χ0n) is 16.1. The second kappa shape index (κ2) is 7.60. The van der Waals surface area contributed by atoms with Gasteiger partial charge in [-0.15, -0.1) is 11.3 Å². The van der Waals surface area contributed by atoms with E-state index >= 15 is 0 Å². The number of piperidine rings is 1. The minimum atomic E-state index is 0.157. The summed E-state index contributed by atoms with van der Waals surface area (Å²) in [6, 6.07) is 8.02. The van der Waals surface area contributed by atoms with Crippen molar-refractivity contribution in [1.82, 2.24) is 14.8 Å². The summed E-state index contributed by atoms with van der Waals surface area (Å²) in [6.07, 6.45) is 2.88. The Hall–Kier alpha value is -1.92. The average molecular weight is 386 g/mol. The van der Waals surface area contributed by atoms with Crippen LogP contribution in [-0.4, -0.2) is 47.4 Å². The van der Waals surface area contributed by atoms with Gasteiger partial charge in [-0.3, -0.25) is 9.69 Å². The molecule has 1 aromatic heterocycles. The molecule has 1 amide bonds. The topological polar surface area (TPSA) is 45.7 Å². The largest absolute Gasteiger partial charge is 0.497 e. The minimum absolute atomic E-state index is 0.157. The Balaban J connectivity index is 1.34. The van der Waals surface area contributed by atoms with E-state index in [4.69, 9.17) is 4.74 Å². The predicted molar refractivity (Wildman–Crippen MR) is 107 cm³/mol. The molecular weight excluding hydrogens is 358 g/mol. The normalized spacial score (nSPS) is 19.8. The Morgan fingerprint density at radius 1 is 1.26 bits per heavy atom. The number of rotatable bonds is 5. The lowest BCUT2D eigenvalue weighted by Gasteiger charge is -2.38. The molecule has 2 saturated heterocycles. The van der Waals surface area contributed by atoms with E-state index in [9.17, 15) is 4.79 Å². The molecule has 0 saturated carbocycles. The van der Waals surface area contributed by atoms with Gasteiger partial charge >= 0.3 is 0 Å². The Labute approximate surface area is 165 Å². The molecule has 2 aliphatic rings. The molecule has 2 aromatic rings. The maximum Gasteiger partial charge on any atom is 0.223 e. The smallest absolute Gasteiger partial charge is 0.223 e. The molecule has 6 heteroatoms. The lowest BCUT2D eigenvalue weighted by molar-refractivity contribution is -0.128. The van der Waals surface area contributed by atoms with Crippen LogP contribution in [0.15, 0.2) is 29.6 Å². The van der Waals surface area contributed by atoms with Crippen LogP contribution in [0.5, 0.6) is 5.75 Å². The predicted octanol–water partition coefficient (Wildman–Crippen LogP) is 3.47. The molecule has 5 nitrogen and oxygen atoms in total. The van der Waals surface area contributed by atoms with Crippen LogP contribution in [0.25, 0.3) is 0 Å². The van der Waals surface area contributed by atoms with E-state index in [0.29, 0.717) is 18.9 Å². The molecule has 0 unspecified atom stereocenters. The number of aromatic nitrogens is 1. The number of hydrogen-bond acceptors (Lipinski definition) is 5. The number of carbonyl (C=O) groups excluding carboxylic acids is 1. The molecule has 1 aromatic carbocycles. The Morgan fingerprint density at radius 2 is 2.07 bits per heavy atom. The highest BCUT2D eigenvalue weighted by Crippen LogP contribution is 2.41. The fourth-order valence-corrected chi connectivity index (χ4v) is 4.95. The van der Waals surface area contributed by atoms with Crippen LogP contribution in [-0.2, 0) is 17.9 Å². The van der Waals surface area contributed by atoms with Gasteiger partial charge in [-0.05, 0) is 56.0 Å². The maximum atomic E-state index is 12.7. The van der Waals surface area contributed by atoms with Crippen LogP contribution in [0.1, 0.15) is 35.5 Å². The summed E-state index contributed by atoms with van der Waals surface area (Å²) >= 11 is 1.72. The van der Waals surface area contributed by atoms with Crippen molar-refractivity contribution in [2.75, 3.05) is 26.7 Å². The Morgan fingerprint density at radius 3 is 2.78 bits per heavy atom. The number of benzene rings is 1. The highest BCUT2D eigenvalue weighted by atomic mass is 32.1. The summed E-state index contributed by atoms with van der Waals surface area (Å²) in [5, 5.41) is 3.29. The molecule has 2 aliphatic heterocycles. The number of likely N-dealkylation sites (tertiary alicyclic amines) is 2. The van der Waals surface area contributed by atoms with Gasteiger partial charge < -0.3 is 9.64 Å². The summed E-state index contributed by atoms with van der Waals surface area (Å²) in [6.45, 7) is 6.66. The number of thiazole rings is 1. The van der Waals surface area contributed by atoms with Crippen LogP contribution in [0.4, 0.5) is 0 Å². The van der Waals surface area contributed by atoms with Crippen LogP contribution in [0, 0.1) is 12.3 Å². The van der Waals surface area contributed by atoms with Crippen molar-refractivity contribution in [3.63, 3.8) is 0 Å². The van der Waals surface area contributed by atoms with Crippen molar-refractivity contribution >= 4 is 17.2 Å². The summed E-state index contributed by atoms with van der Waals surface area (Å²) in [4.78, 5) is 21.8. The quantitative estimate of drug-likeness (QED) is 0.791. The van der Waals surface area contributed by atoms with Gasteiger partial charge in [0, 0.05) is 31.4 Å². The summed E-state index contributed by atoms with van der Waals surface area (Å²) in [5.41, 5.74) is 2.47. The molecule has 0 bridgehead atoms. The Bertz CT molecular complexity index is 811. The average Bonchev–Trinajstić information content (AvgIpc) is 3.20. The highest BCUT2D eigenvalue weighted by Gasteiger charge is 2.44. The van der Waals surface area contributed by atoms with E-state index in [1.165, 1.54) is 5.69 Å². The number of nitrogens with zero attached hydrogens (tertiary/aromatic N) is 3. The van der Waals surface area contributed by atoms with Gasteiger partial charge in [-0.1, -0.05) is 12.1 Å². The molecule has 1 spiro atoms. The number of ether oxygens (including phenoxy) is 1. The molecule has 144 valence electrons. The lowest BCUT2D eigenvalue weighted by Crippen LogP contribution is -2.41. The minimum Gasteiger partial charge on any atom is -0.497 e. The number of amides is 1. The number of aryl methyl sites for hydroxylation is 1. The number of hydrogen-bond donors (Lipinski definition) is 0. The summed E-state index contributed by atoms with van der Waals surface area (Å²) in [7, 11) is 1.68. The van der Waals surface area contributed by atoms with E-state index in [1.54, 1.807) is 18.4 Å². The van der Waals surface area contributed by atoms with Crippen LogP contribution in [0.2, 0.25) is 0 Å². The van der Waals surface area contributed by atoms with Crippen LogP contribution >= 0.6 is 11.3 Å². The van der Waals surface area contributed by atoms with Crippen molar-refractivity contribution in [3.8, 4) is 5.75 Å². The highest BCUT2D eigenvalue weighted by molar-refractivity contribution is 7.09. The zero-order chi connectivity index (χ0) is 18.9. The molecule has 3 heterocycles. The zero-order valence-corrected chi connectivity index (χ0v) is 16.9. The van der Waals surface area contributed by atoms with Gasteiger partial charge in [-0.25, -0.2) is 4.98 Å². The first kappa shape index (κ1) is 18.4. The molecule has 27 heavy (non-hydrogen) atoms. The first-order valence-corrected chi connectivity index (χ1v) is 10.5. The van der Waals surface area contributed by atoms with Gasteiger partial charge in [0.05, 0.1) is 17.8 Å². The van der Waals surface area contributed by atoms with Crippen molar-refractivity contribution in [3.05, 3.63) is 45.9 Å². The third kappa shape index (κ3) is 4.17. The van der Waals surface area contributed by atoms with Gasteiger partial charge in [0.25, 0.3) is 0 Å². The van der Waals surface area contributed by atoms with Crippen molar-refractivity contribution < 1.29 is 9.53 Å². The molecule has 0 N–H and O–H groups in total. The second-order valence-electron chi connectivity index (χ2n) is 7.91.